The van der Waals surface area contributed by atoms with Crippen LogP contribution in [0.4, 0.5) is 30.6 Å². The Morgan fingerprint density at radius 3 is 2.43 bits per heavy atom. The molecule has 28 heavy (non-hydrogen) atoms. The number of hydrogen-bond donors (Lipinski definition) is 2. The van der Waals surface area contributed by atoms with Crippen molar-refractivity contribution in [3.8, 4) is 0 Å². The predicted octanol–water partition coefficient (Wildman–Crippen LogP) is 2.95. The van der Waals surface area contributed by atoms with E-state index in [1.807, 2.05) is 11.6 Å². The lowest BCUT2D eigenvalue weighted by Gasteiger charge is -2.35. The molecule has 0 aromatic carbocycles. The van der Waals surface area contributed by atoms with Gasteiger partial charge < -0.3 is 10.6 Å². The van der Waals surface area contributed by atoms with Gasteiger partial charge in [-0.1, -0.05) is 0 Å². The third kappa shape index (κ3) is 3.25. The maximum atomic E-state index is 13.0. The second kappa shape index (κ2) is 6.77. The van der Waals surface area contributed by atoms with Gasteiger partial charge in [-0.15, -0.1) is 0 Å². The van der Waals surface area contributed by atoms with Crippen molar-refractivity contribution < 1.29 is 13.2 Å². The third-order valence-electron chi connectivity index (χ3n) is 4.82. The summed E-state index contributed by atoms with van der Waals surface area (Å²) in [5.74, 6) is -0.226. The van der Waals surface area contributed by atoms with Gasteiger partial charge in [0.05, 0.1) is 42.1 Å². The Morgan fingerprint density at radius 2 is 1.79 bits per heavy atom. The molecule has 3 heterocycles. The molecule has 1 fully saturated rings. The molecule has 3 aromatic rings. The lowest BCUT2D eigenvalue weighted by Crippen LogP contribution is -2.31. The Hall–Kier alpha value is -3.18. The van der Waals surface area contributed by atoms with E-state index in [0.717, 1.165) is 24.7 Å². The van der Waals surface area contributed by atoms with E-state index in [-0.39, 0.29) is 23.8 Å². The highest BCUT2D eigenvalue weighted by molar-refractivity contribution is 5.58. The summed E-state index contributed by atoms with van der Waals surface area (Å²) in [7, 11) is 1.38. The molecule has 1 aliphatic rings. The van der Waals surface area contributed by atoms with Crippen LogP contribution >= 0.6 is 0 Å². The van der Waals surface area contributed by atoms with Crippen LogP contribution < -0.4 is 10.6 Å². The zero-order valence-corrected chi connectivity index (χ0v) is 15.1. The molecule has 0 radical (unpaired) electrons. The number of aromatic nitrogens is 7. The number of hydrogen-bond acceptors (Lipinski definition) is 7. The summed E-state index contributed by atoms with van der Waals surface area (Å²) >= 11 is 0. The van der Waals surface area contributed by atoms with Crippen molar-refractivity contribution in [1.82, 2.24) is 34.7 Å². The maximum Gasteiger partial charge on any atom is 0.421 e. The van der Waals surface area contributed by atoms with Gasteiger partial charge in [-0.3, -0.25) is 4.68 Å². The maximum absolute atomic E-state index is 13.0. The first-order valence-corrected chi connectivity index (χ1v) is 8.65. The van der Waals surface area contributed by atoms with Crippen LogP contribution in [0.1, 0.15) is 36.2 Å². The Bertz CT molecular complexity index is 958. The smallest absolute Gasteiger partial charge is 0.372 e. The van der Waals surface area contributed by atoms with Gasteiger partial charge in [0.15, 0.2) is 0 Å². The first-order chi connectivity index (χ1) is 13.4. The molecule has 0 atom stereocenters. The molecule has 3 aromatic heterocycles. The molecule has 0 amide bonds. The monoisotopic (exact) mass is 393 g/mol. The van der Waals surface area contributed by atoms with E-state index in [4.69, 9.17) is 0 Å². The normalized spacial score (nSPS) is 19.3. The van der Waals surface area contributed by atoms with Crippen molar-refractivity contribution in [1.29, 1.82) is 0 Å². The lowest BCUT2D eigenvalue weighted by molar-refractivity contribution is -0.137. The summed E-state index contributed by atoms with van der Waals surface area (Å²) < 4.78 is 40.8. The Morgan fingerprint density at radius 1 is 1.07 bits per heavy atom. The van der Waals surface area contributed by atoms with Crippen LogP contribution in [0.25, 0.3) is 0 Å². The Kier molecular flexibility index (Phi) is 4.40. The molecular weight excluding hydrogens is 375 g/mol. The largest absolute Gasteiger partial charge is 0.421 e. The standard InChI is InChI=1S/C16H18F3N9/c1-9-13(25-15-21-7-12(16(17,18)19)14(20-2)26-15)8-24-27(9)10-5-11(6-10)28-22-3-4-23-28/h3-4,7-8,10-11H,5-6H2,1-2H3,(H2,20,21,25,26)/t10-,11-. The fourth-order valence-electron chi connectivity index (χ4n) is 3.24. The van der Waals surface area contributed by atoms with Gasteiger partial charge in [-0.05, 0) is 19.8 Å². The zero-order valence-electron chi connectivity index (χ0n) is 15.1. The molecule has 0 spiro atoms. The fourth-order valence-corrected chi connectivity index (χ4v) is 3.24. The first kappa shape index (κ1) is 18.2. The van der Waals surface area contributed by atoms with E-state index < -0.39 is 11.7 Å². The first-order valence-electron chi connectivity index (χ1n) is 8.65. The quantitative estimate of drug-likeness (QED) is 0.688. The topological polar surface area (TPSA) is 98.4 Å². The van der Waals surface area contributed by atoms with Gasteiger partial charge in [0, 0.05) is 13.2 Å². The van der Waals surface area contributed by atoms with Crippen LogP contribution in [0.3, 0.4) is 0 Å². The van der Waals surface area contributed by atoms with Gasteiger partial charge in [0.1, 0.15) is 11.4 Å². The van der Waals surface area contributed by atoms with E-state index in [2.05, 4.69) is 35.9 Å². The molecule has 2 N–H and O–H groups in total. The molecule has 4 rings (SSSR count). The summed E-state index contributed by atoms with van der Waals surface area (Å²) in [6.07, 6.45) is 2.87. The van der Waals surface area contributed by atoms with Crippen LogP contribution in [-0.4, -0.2) is 41.8 Å². The molecule has 1 aliphatic carbocycles. The highest BCUT2D eigenvalue weighted by Gasteiger charge is 2.36. The van der Waals surface area contributed by atoms with Crippen molar-refractivity contribution in [2.24, 2.45) is 0 Å². The summed E-state index contributed by atoms with van der Waals surface area (Å²) in [5, 5.41) is 18.1. The molecule has 1 saturated carbocycles. The fraction of sp³-hybridized carbons (Fsp3) is 0.438. The molecule has 12 heteroatoms. The molecule has 0 unspecified atom stereocenters. The molecule has 9 nitrogen and oxygen atoms in total. The average Bonchev–Trinajstić information content (AvgIpc) is 3.25. The van der Waals surface area contributed by atoms with Gasteiger partial charge in [-0.25, -0.2) is 4.98 Å². The SMILES string of the molecule is CNc1nc(Nc2cnn([C@H]3C[C@H](n4nccn4)C3)c2C)ncc1C(F)(F)F. The van der Waals surface area contributed by atoms with Crippen molar-refractivity contribution >= 4 is 17.5 Å². The van der Waals surface area contributed by atoms with E-state index >= 15 is 0 Å². The minimum atomic E-state index is -4.53. The van der Waals surface area contributed by atoms with Gasteiger partial charge in [-0.2, -0.15) is 38.2 Å². The zero-order chi connectivity index (χ0) is 19.9. The van der Waals surface area contributed by atoms with Crippen LogP contribution in [0.15, 0.2) is 24.8 Å². The summed E-state index contributed by atoms with van der Waals surface area (Å²) in [6, 6.07) is 0.462. The summed E-state index contributed by atoms with van der Waals surface area (Å²) in [5.41, 5.74) is 0.578. The minimum Gasteiger partial charge on any atom is -0.372 e. The molecule has 0 saturated heterocycles. The van der Waals surface area contributed by atoms with E-state index in [9.17, 15) is 13.2 Å². The Labute approximate surface area is 158 Å². The van der Waals surface area contributed by atoms with E-state index in [0.29, 0.717) is 5.69 Å². The Balaban J connectivity index is 1.48. The van der Waals surface area contributed by atoms with E-state index in [1.54, 1.807) is 23.4 Å². The lowest BCUT2D eigenvalue weighted by atomic mass is 9.87. The highest BCUT2D eigenvalue weighted by Crippen LogP contribution is 2.41. The van der Waals surface area contributed by atoms with Gasteiger partial charge in [0.2, 0.25) is 5.95 Å². The third-order valence-corrected chi connectivity index (χ3v) is 4.82. The average molecular weight is 393 g/mol. The number of anilines is 3. The van der Waals surface area contributed by atoms with Crippen LogP contribution in [-0.2, 0) is 6.18 Å². The van der Waals surface area contributed by atoms with E-state index in [1.165, 1.54) is 7.05 Å². The predicted molar refractivity (Wildman–Crippen MR) is 94.2 cm³/mol. The highest BCUT2D eigenvalue weighted by atomic mass is 19.4. The van der Waals surface area contributed by atoms with Crippen molar-refractivity contribution in [3.63, 3.8) is 0 Å². The molecule has 148 valence electrons. The molecule has 0 aliphatic heterocycles. The van der Waals surface area contributed by atoms with Crippen LogP contribution in [0.2, 0.25) is 0 Å². The number of alkyl halides is 3. The number of halogens is 3. The van der Waals surface area contributed by atoms with Crippen molar-refractivity contribution in [2.75, 3.05) is 17.7 Å². The van der Waals surface area contributed by atoms with Crippen molar-refractivity contribution in [2.45, 2.75) is 38.0 Å². The number of nitrogens with zero attached hydrogens (tertiary/aromatic N) is 7. The second-order valence-electron chi connectivity index (χ2n) is 6.55. The van der Waals surface area contributed by atoms with Crippen LogP contribution in [0, 0.1) is 6.92 Å². The number of nitrogens with one attached hydrogen (secondary N) is 2. The van der Waals surface area contributed by atoms with Gasteiger partial charge in [0.25, 0.3) is 0 Å². The summed E-state index contributed by atoms with van der Waals surface area (Å²) in [6.45, 7) is 1.89. The molecule has 0 bridgehead atoms. The second-order valence-corrected chi connectivity index (χ2v) is 6.55. The minimum absolute atomic E-state index is 0.0622. The molecular formula is C16H18F3N9. The van der Waals surface area contributed by atoms with Gasteiger partial charge >= 0.3 is 6.18 Å². The van der Waals surface area contributed by atoms with Crippen molar-refractivity contribution in [3.05, 3.63) is 36.0 Å². The van der Waals surface area contributed by atoms with Crippen LogP contribution in [0.5, 0.6) is 0 Å². The summed E-state index contributed by atoms with van der Waals surface area (Å²) in [4.78, 5) is 9.40. The number of rotatable bonds is 5.